The lowest BCUT2D eigenvalue weighted by Gasteiger charge is -2.12. The Bertz CT molecular complexity index is 856. The Balaban J connectivity index is 1.59. The molecule has 1 aromatic carbocycles. The third kappa shape index (κ3) is 2.79. The van der Waals surface area contributed by atoms with E-state index in [4.69, 9.17) is 0 Å². The first kappa shape index (κ1) is 14.8. The quantitative estimate of drug-likeness (QED) is 0.688. The number of fused-ring (bicyclic) bond motifs is 3. The van der Waals surface area contributed by atoms with Crippen molar-refractivity contribution in [3.05, 3.63) is 24.0 Å². The smallest absolute Gasteiger partial charge is 0.211 e. The average molecular weight is 331 g/mol. The number of benzene rings is 1. The summed E-state index contributed by atoms with van der Waals surface area (Å²) in [6, 6.07) is 4.71. The van der Waals surface area contributed by atoms with Crippen molar-refractivity contribution in [2.24, 2.45) is 7.05 Å². The van der Waals surface area contributed by atoms with Gasteiger partial charge in [-0.1, -0.05) is 11.8 Å². The number of rotatable bonds is 4. The fourth-order valence-electron chi connectivity index (χ4n) is 3.15. The zero-order valence-corrected chi connectivity index (χ0v) is 13.8. The minimum absolute atomic E-state index is 0.268. The Morgan fingerprint density at radius 2 is 2.04 bits per heavy atom. The van der Waals surface area contributed by atoms with Gasteiger partial charge in [0, 0.05) is 24.7 Å². The minimum Gasteiger partial charge on any atom is -0.327 e. The summed E-state index contributed by atoms with van der Waals surface area (Å²) in [5.41, 5.74) is 2.33. The molecule has 0 unspecified atom stereocenters. The van der Waals surface area contributed by atoms with Gasteiger partial charge >= 0.3 is 0 Å². The van der Waals surface area contributed by atoms with Crippen LogP contribution in [0.5, 0.6) is 0 Å². The van der Waals surface area contributed by atoms with Gasteiger partial charge in [-0.15, -0.1) is 10.2 Å². The number of hydrogen-bond acceptors (Lipinski definition) is 5. The van der Waals surface area contributed by atoms with Crippen LogP contribution in [0.1, 0.15) is 12.8 Å². The number of likely N-dealkylation sites (tertiary alicyclic amines) is 1. The lowest BCUT2D eigenvalue weighted by Crippen LogP contribution is -2.21. The average Bonchev–Trinajstić information content (AvgIpc) is 3.15. The zero-order valence-electron chi connectivity index (χ0n) is 13.0. The maximum atomic E-state index is 13.5. The molecule has 1 saturated heterocycles. The summed E-state index contributed by atoms with van der Waals surface area (Å²) >= 11 is 1.63. The van der Waals surface area contributed by atoms with Crippen LogP contribution in [0.4, 0.5) is 4.39 Å². The molecule has 0 radical (unpaired) electrons. The van der Waals surface area contributed by atoms with Crippen LogP contribution in [0.25, 0.3) is 22.1 Å². The largest absolute Gasteiger partial charge is 0.327 e. The molecule has 0 atom stereocenters. The summed E-state index contributed by atoms with van der Waals surface area (Å²) in [5.74, 6) is 0.696. The molecule has 3 heterocycles. The first-order chi connectivity index (χ1) is 11.2. The molecule has 7 heteroatoms. The van der Waals surface area contributed by atoms with E-state index in [9.17, 15) is 4.39 Å². The highest BCUT2D eigenvalue weighted by Gasteiger charge is 2.14. The molecule has 4 rings (SSSR count). The van der Waals surface area contributed by atoms with E-state index in [2.05, 4.69) is 20.1 Å². The molecule has 1 fully saturated rings. The molecular formula is C16H18FN5S. The Morgan fingerprint density at radius 3 is 2.87 bits per heavy atom. The van der Waals surface area contributed by atoms with E-state index in [1.807, 2.05) is 11.6 Å². The van der Waals surface area contributed by atoms with E-state index in [0.717, 1.165) is 28.8 Å². The van der Waals surface area contributed by atoms with Crippen LogP contribution in [0.15, 0.2) is 23.4 Å². The Hall–Kier alpha value is -1.73. The SMILES string of the molecule is Cn1c2ccc(F)cc2c2nnc(SCCN3CCCC3)nc21. The van der Waals surface area contributed by atoms with Gasteiger partial charge in [-0.3, -0.25) is 0 Å². The summed E-state index contributed by atoms with van der Waals surface area (Å²) < 4.78 is 15.4. The van der Waals surface area contributed by atoms with E-state index in [-0.39, 0.29) is 5.82 Å². The predicted octanol–water partition coefficient (Wildman–Crippen LogP) is 2.84. The molecule has 0 spiro atoms. The molecule has 0 saturated carbocycles. The maximum absolute atomic E-state index is 13.5. The standard InChI is InChI=1S/C16H18FN5S/c1-21-13-5-4-11(17)10-12(13)14-15(21)18-16(20-19-14)23-9-8-22-6-2-3-7-22/h4-5,10H,2-3,6-9H2,1H3. The van der Waals surface area contributed by atoms with Crippen molar-refractivity contribution < 1.29 is 4.39 Å². The molecule has 1 aliphatic rings. The third-order valence-corrected chi connectivity index (χ3v) is 5.20. The summed E-state index contributed by atoms with van der Waals surface area (Å²) in [6.07, 6.45) is 2.61. The van der Waals surface area contributed by atoms with Crippen molar-refractivity contribution in [1.82, 2.24) is 24.6 Å². The highest BCUT2D eigenvalue weighted by Crippen LogP contribution is 2.26. The summed E-state index contributed by atoms with van der Waals surface area (Å²) in [6.45, 7) is 3.47. The number of thioether (sulfide) groups is 1. The van der Waals surface area contributed by atoms with Gasteiger partial charge in [-0.2, -0.15) is 0 Å². The van der Waals surface area contributed by atoms with Gasteiger partial charge in [0.1, 0.15) is 11.3 Å². The van der Waals surface area contributed by atoms with Crippen molar-refractivity contribution in [1.29, 1.82) is 0 Å². The van der Waals surface area contributed by atoms with Crippen molar-refractivity contribution in [2.45, 2.75) is 18.0 Å². The van der Waals surface area contributed by atoms with Crippen LogP contribution in [-0.2, 0) is 7.05 Å². The highest BCUT2D eigenvalue weighted by atomic mass is 32.2. The van der Waals surface area contributed by atoms with Crippen LogP contribution >= 0.6 is 11.8 Å². The van der Waals surface area contributed by atoms with Gasteiger partial charge in [-0.25, -0.2) is 9.37 Å². The van der Waals surface area contributed by atoms with Crippen LogP contribution in [0.3, 0.4) is 0 Å². The number of hydrogen-bond donors (Lipinski definition) is 0. The number of halogens is 1. The van der Waals surface area contributed by atoms with E-state index < -0.39 is 0 Å². The minimum atomic E-state index is -0.268. The first-order valence-electron chi connectivity index (χ1n) is 7.86. The van der Waals surface area contributed by atoms with Crippen LogP contribution in [0, 0.1) is 5.82 Å². The fraction of sp³-hybridized carbons (Fsp3) is 0.438. The van der Waals surface area contributed by atoms with Gasteiger partial charge in [0.05, 0.1) is 5.52 Å². The second kappa shape index (κ2) is 6.05. The Morgan fingerprint density at radius 1 is 1.22 bits per heavy atom. The second-order valence-corrected chi connectivity index (χ2v) is 6.95. The molecule has 0 amide bonds. The molecule has 5 nitrogen and oxygen atoms in total. The van der Waals surface area contributed by atoms with Crippen LogP contribution in [-0.4, -0.2) is 50.0 Å². The van der Waals surface area contributed by atoms with Crippen LogP contribution in [0.2, 0.25) is 0 Å². The summed E-state index contributed by atoms with van der Waals surface area (Å²) in [5, 5.41) is 9.94. The van der Waals surface area contributed by atoms with Gasteiger partial charge in [0.2, 0.25) is 5.16 Å². The number of aromatic nitrogens is 4. The summed E-state index contributed by atoms with van der Waals surface area (Å²) in [7, 11) is 1.93. The van der Waals surface area contributed by atoms with Gasteiger partial charge in [-0.05, 0) is 44.1 Å². The van der Waals surface area contributed by atoms with E-state index >= 15 is 0 Å². The predicted molar refractivity (Wildman–Crippen MR) is 90.2 cm³/mol. The lowest BCUT2D eigenvalue weighted by atomic mass is 10.2. The molecule has 0 bridgehead atoms. The molecule has 0 aliphatic carbocycles. The van der Waals surface area contributed by atoms with Gasteiger partial charge in [0.25, 0.3) is 0 Å². The van der Waals surface area contributed by atoms with Crippen molar-refractivity contribution in [2.75, 3.05) is 25.4 Å². The molecule has 120 valence electrons. The van der Waals surface area contributed by atoms with E-state index in [1.54, 1.807) is 17.8 Å². The van der Waals surface area contributed by atoms with Gasteiger partial charge < -0.3 is 9.47 Å². The Labute approximate surface area is 137 Å². The fourth-order valence-corrected chi connectivity index (χ4v) is 3.93. The molecule has 1 aliphatic heterocycles. The number of aryl methyl sites for hydroxylation is 1. The topological polar surface area (TPSA) is 46.8 Å². The van der Waals surface area contributed by atoms with Crippen molar-refractivity contribution >= 4 is 33.8 Å². The second-order valence-electron chi connectivity index (χ2n) is 5.88. The Kier molecular flexibility index (Phi) is 3.90. The monoisotopic (exact) mass is 331 g/mol. The molecule has 0 N–H and O–H groups in total. The maximum Gasteiger partial charge on any atom is 0.211 e. The zero-order chi connectivity index (χ0) is 15.8. The van der Waals surface area contributed by atoms with Crippen molar-refractivity contribution in [3.8, 4) is 0 Å². The first-order valence-corrected chi connectivity index (χ1v) is 8.84. The normalized spacial score (nSPS) is 15.9. The van der Waals surface area contributed by atoms with E-state index in [0.29, 0.717) is 10.7 Å². The molecule has 3 aromatic rings. The van der Waals surface area contributed by atoms with E-state index in [1.165, 1.54) is 38.1 Å². The highest BCUT2D eigenvalue weighted by molar-refractivity contribution is 7.99. The van der Waals surface area contributed by atoms with Gasteiger partial charge in [0.15, 0.2) is 5.65 Å². The molecular weight excluding hydrogens is 313 g/mol. The number of nitrogens with zero attached hydrogens (tertiary/aromatic N) is 5. The lowest BCUT2D eigenvalue weighted by molar-refractivity contribution is 0.362. The molecule has 2 aromatic heterocycles. The van der Waals surface area contributed by atoms with Crippen molar-refractivity contribution in [3.63, 3.8) is 0 Å². The molecule has 23 heavy (non-hydrogen) atoms. The summed E-state index contributed by atoms with van der Waals surface area (Å²) in [4.78, 5) is 7.09. The van der Waals surface area contributed by atoms with Crippen LogP contribution < -0.4 is 0 Å². The third-order valence-electron chi connectivity index (χ3n) is 4.38.